The molecular weight excluding hydrogens is 308 g/mol. The summed E-state index contributed by atoms with van der Waals surface area (Å²) in [6.45, 7) is 4.32. The van der Waals surface area contributed by atoms with Crippen molar-refractivity contribution >= 4 is 12.0 Å². The van der Waals surface area contributed by atoms with Crippen molar-refractivity contribution < 1.29 is 19.4 Å². The SMILES string of the molecule is CCC(C)(CNC(=O)NC(CCC(=O)O)Cc1ccccc1)OC. The predicted molar refractivity (Wildman–Crippen MR) is 93.0 cm³/mol. The summed E-state index contributed by atoms with van der Waals surface area (Å²) in [5.74, 6) is -0.867. The van der Waals surface area contributed by atoms with E-state index in [4.69, 9.17) is 9.84 Å². The van der Waals surface area contributed by atoms with Crippen molar-refractivity contribution in [3.8, 4) is 0 Å². The maximum Gasteiger partial charge on any atom is 0.315 e. The normalized spacial score (nSPS) is 14.5. The minimum Gasteiger partial charge on any atom is -0.481 e. The van der Waals surface area contributed by atoms with Crippen molar-refractivity contribution in [3.63, 3.8) is 0 Å². The molecule has 0 fully saturated rings. The van der Waals surface area contributed by atoms with E-state index in [1.807, 2.05) is 44.2 Å². The second-order valence-corrected chi connectivity index (χ2v) is 6.15. The van der Waals surface area contributed by atoms with Crippen molar-refractivity contribution in [1.29, 1.82) is 0 Å². The van der Waals surface area contributed by atoms with Gasteiger partial charge in [-0.2, -0.15) is 0 Å². The smallest absolute Gasteiger partial charge is 0.315 e. The van der Waals surface area contributed by atoms with Crippen LogP contribution < -0.4 is 10.6 Å². The number of nitrogens with one attached hydrogen (secondary N) is 2. The zero-order chi connectivity index (χ0) is 18.0. The molecule has 1 rings (SSSR count). The number of aliphatic carboxylic acids is 1. The number of methoxy groups -OCH3 is 1. The molecular formula is C18H28N2O4. The van der Waals surface area contributed by atoms with Crippen molar-refractivity contribution in [3.05, 3.63) is 35.9 Å². The first-order valence-corrected chi connectivity index (χ1v) is 8.23. The number of carbonyl (C=O) groups excluding carboxylic acids is 1. The number of amides is 2. The first-order chi connectivity index (χ1) is 11.4. The second kappa shape index (κ2) is 9.93. The highest BCUT2D eigenvalue weighted by Crippen LogP contribution is 2.12. The van der Waals surface area contributed by atoms with Gasteiger partial charge in [0.05, 0.1) is 5.60 Å². The molecule has 2 atom stereocenters. The van der Waals surface area contributed by atoms with Crippen molar-refractivity contribution in [1.82, 2.24) is 10.6 Å². The molecule has 2 unspecified atom stereocenters. The lowest BCUT2D eigenvalue weighted by atomic mass is 10.0. The fourth-order valence-corrected chi connectivity index (χ4v) is 2.27. The number of hydrogen-bond acceptors (Lipinski definition) is 3. The van der Waals surface area contributed by atoms with Gasteiger partial charge in [0.25, 0.3) is 0 Å². The lowest BCUT2D eigenvalue weighted by Crippen LogP contribution is -2.48. The number of rotatable bonds is 10. The highest BCUT2D eigenvalue weighted by Gasteiger charge is 2.22. The maximum absolute atomic E-state index is 12.1. The van der Waals surface area contributed by atoms with Gasteiger partial charge >= 0.3 is 12.0 Å². The van der Waals surface area contributed by atoms with Gasteiger partial charge in [0.1, 0.15) is 0 Å². The van der Waals surface area contributed by atoms with Crippen LogP contribution in [0.1, 0.15) is 38.7 Å². The Kier molecular flexibility index (Phi) is 8.26. The Morgan fingerprint density at radius 2 is 1.96 bits per heavy atom. The summed E-state index contributed by atoms with van der Waals surface area (Å²) in [6.07, 6.45) is 1.77. The van der Waals surface area contributed by atoms with Gasteiger partial charge < -0.3 is 20.5 Å². The van der Waals surface area contributed by atoms with Crippen molar-refractivity contribution in [2.45, 2.75) is 51.2 Å². The minimum absolute atomic E-state index is 0.0164. The van der Waals surface area contributed by atoms with Gasteiger partial charge in [-0.15, -0.1) is 0 Å². The van der Waals surface area contributed by atoms with E-state index in [9.17, 15) is 9.59 Å². The third-order valence-corrected chi connectivity index (χ3v) is 4.23. The number of benzene rings is 1. The molecule has 6 heteroatoms. The largest absolute Gasteiger partial charge is 0.481 e. The quantitative estimate of drug-likeness (QED) is 0.613. The highest BCUT2D eigenvalue weighted by atomic mass is 16.5. The number of urea groups is 1. The molecule has 1 aromatic rings. The Bertz CT molecular complexity index is 515. The van der Waals surface area contributed by atoms with Crippen LogP contribution in [0.15, 0.2) is 30.3 Å². The third kappa shape index (κ3) is 7.46. The van der Waals surface area contributed by atoms with Crippen LogP contribution >= 0.6 is 0 Å². The molecule has 2 amide bonds. The second-order valence-electron chi connectivity index (χ2n) is 6.15. The molecule has 3 N–H and O–H groups in total. The molecule has 0 bridgehead atoms. The van der Waals surface area contributed by atoms with Crippen LogP contribution in [-0.2, 0) is 16.0 Å². The number of ether oxygens (including phenoxy) is 1. The Labute approximate surface area is 143 Å². The Hall–Kier alpha value is -2.08. The summed E-state index contributed by atoms with van der Waals surface area (Å²) >= 11 is 0. The molecule has 6 nitrogen and oxygen atoms in total. The number of carboxylic acid groups (broad SMARTS) is 1. The van der Waals surface area contributed by atoms with E-state index < -0.39 is 11.6 Å². The van der Waals surface area contributed by atoms with Gasteiger partial charge in [-0.05, 0) is 31.7 Å². The van der Waals surface area contributed by atoms with E-state index in [2.05, 4.69) is 10.6 Å². The highest BCUT2D eigenvalue weighted by molar-refractivity contribution is 5.74. The van der Waals surface area contributed by atoms with Crippen LogP contribution in [0, 0.1) is 0 Å². The Morgan fingerprint density at radius 3 is 2.50 bits per heavy atom. The van der Waals surface area contributed by atoms with Gasteiger partial charge in [-0.1, -0.05) is 37.3 Å². The van der Waals surface area contributed by atoms with Gasteiger partial charge in [0.2, 0.25) is 0 Å². The molecule has 0 saturated heterocycles. The molecule has 0 aliphatic carbocycles. The number of carbonyl (C=O) groups is 2. The summed E-state index contributed by atoms with van der Waals surface area (Å²) < 4.78 is 5.40. The van der Waals surface area contributed by atoms with E-state index in [0.717, 1.165) is 12.0 Å². The fraction of sp³-hybridized carbons (Fsp3) is 0.556. The molecule has 24 heavy (non-hydrogen) atoms. The molecule has 0 aliphatic rings. The zero-order valence-corrected chi connectivity index (χ0v) is 14.7. The first-order valence-electron chi connectivity index (χ1n) is 8.23. The van der Waals surface area contributed by atoms with Crippen LogP contribution in [0.2, 0.25) is 0 Å². The zero-order valence-electron chi connectivity index (χ0n) is 14.7. The maximum atomic E-state index is 12.1. The van der Waals surface area contributed by atoms with Gasteiger partial charge in [0, 0.05) is 26.1 Å². The first kappa shape index (κ1) is 20.0. The van der Waals surface area contributed by atoms with E-state index in [1.54, 1.807) is 7.11 Å². The molecule has 0 heterocycles. The van der Waals surface area contributed by atoms with Crippen molar-refractivity contribution in [2.24, 2.45) is 0 Å². The minimum atomic E-state index is -0.867. The Morgan fingerprint density at radius 1 is 1.29 bits per heavy atom. The average Bonchev–Trinajstić information content (AvgIpc) is 2.58. The Balaban J connectivity index is 2.59. The van der Waals surface area contributed by atoms with Crippen LogP contribution in [0.25, 0.3) is 0 Å². The topological polar surface area (TPSA) is 87.7 Å². The molecule has 0 saturated carbocycles. The third-order valence-electron chi connectivity index (χ3n) is 4.23. The number of carboxylic acids is 1. The monoisotopic (exact) mass is 336 g/mol. The number of hydrogen-bond donors (Lipinski definition) is 3. The van der Waals surface area contributed by atoms with Crippen LogP contribution in [-0.4, -0.2) is 42.4 Å². The van der Waals surface area contributed by atoms with Crippen LogP contribution in [0.3, 0.4) is 0 Å². The average molecular weight is 336 g/mol. The van der Waals surface area contributed by atoms with E-state index in [0.29, 0.717) is 19.4 Å². The van der Waals surface area contributed by atoms with E-state index >= 15 is 0 Å². The fourth-order valence-electron chi connectivity index (χ4n) is 2.27. The summed E-state index contributed by atoms with van der Waals surface area (Å²) in [7, 11) is 1.62. The summed E-state index contributed by atoms with van der Waals surface area (Å²) in [5, 5.41) is 14.6. The molecule has 0 aromatic heterocycles. The summed E-state index contributed by atoms with van der Waals surface area (Å²) in [5.41, 5.74) is 0.649. The van der Waals surface area contributed by atoms with Gasteiger partial charge in [0.15, 0.2) is 0 Å². The van der Waals surface area contributed by atoms with Crippen LogP contribution in [0.5, 0.6) is 0 Å². The van der Waals surface area contributed by atoms with E-state index in [1.165, 1.54) is 0 Å². The lowest BCUT2D eigenvalue weighted by Gasteiger charge is -2.27. The molecule has 134 valence electrons. The molecule has 0 aliphatic heterocycles. The molecule has 0 spiro atoms. The van der Waals surface area contributed by atoms with Gasteiger partial charge in [-0.3, -0.25) is 4.79 Å². The van der Waals surface area contributed by atoms with Gasteiger partial charge in [-0.25, -0.2) is 4.79 Å². The molecule has 1 aromatic carbocycles. The summed E-state index contributed by atoms with van der Waals surface area (Å²) in [4.78, 5) is 23.0. The summed E-state index contributed by atoms with van der Waals surface area (Å²) in [6, 6.07) is 9.16. The lowest BCUT2D eigenvalue weighted by molar-refractivity contribution is -0.137. The standard InChI is InChI=1S/C18H28N2O4/c1-4-18(2,24-3)13-19-17(23)20-15(10-11-16(21)22)12-14-8-6-5-7-9-14/h5-9,15H,4,10-13H2,1-3H3,(H,21,22)(H2,19,20,23). The molecule has 0 radical (unpaired) electrons. The predicted octanol–water partition coefficient (Wildman–Crippen LogP) is 2.58. The van der Waals surface area contributed by atoms with E-state index in [-0.39, 0.29) is 18.5 Å². The van der Waals surface area contributed by atoms with Crippen molar-refractivity contribution in [2.75, 3.05) is 13.7 Å². The van der Waals surface area contributed by atoms with Crippen LogP contribution in [0.4, 0.5) is 4.79 Å².